The molecule has 1 rings (SSSR count). The number of hydrogen-bond acceptors (Lipinski definition) is 3. The molecule has 0 radical (unpaired) electrons. The maximum atomic E-state index is 13.3. The number of alkyl halides is 2. The maximum absolute atomic E-state index is 13.3. The quantitative estimate of drug-likeness (QED) is 0.822. The number of carbonyl (C=O) groups excluding carboxylic acids is 1. The fraction of sp³-hybridized carbons (Fsp3) is 0.917. The number of ether oxygens (including phenoxy) is 1. The van der Waals surface area contributed by atoms with Crippen LogP contribution in [0, 0.1) is 5.92 Å². The summed E-state index contributed by atoms with van der Waals surface area (Å²) in [6, 6.07) is -0.803. The second kappa shape index (κ2) is 4.33. The van der Waals surface area contributed by atoms with E-state index in [1.807, 2.05) is 0 Å². The van der Waals surface area contributed by atoms with Gasteiger partial charge in [-0.1, -0.05) is 13.8 Å². The molecule has 1 fully saturated rings. The summed E-state index contributed by atoms with van der Waals surface area (Å²) >= 11 is 0. The highest BCUT2D eigenvalue weighted by atomic mass is 19.3. The molecular weight excluding hydrogens is 242 g/mol. The van der Waals surface area contributed by atoms with Crippen molar-refractivity contribution in [3.05, 3.63) is 0 Å². The molecule has 2 unspecified atom stereocenters. The predicted octanol–water partition coefficient (Wildman–Crippen LogP) is 2.27. The fourth-order valence-corrected chi connectivity index (χ4v) is 1.99. The van der Waals surface area contributed by atoms with Crippen molar-refractivity contribution in [3.63, 3.8) is 0 Å². The van der Waals surface area contributed by atoms with Crippen molar-refractivity contribution in [1.82, 2.24) is 5.32 Å². The van der Waals surface area contributed by atoms with E-state index in [2.05, 4.69) is 5.32 Å². The van der Waals surface area contributed by atoms with Gasteiger partial charge >= 0.3 is 6.09 Å². The minimum Gasteiger partial charge on any atom is -0.444 e. The standard InChI is InChI=1S/C12H22F2N2O2/c1-7(2)8(11(15)6-12(11,13)14)16-9(17)18-10(3,4)5/h7-8H,6,15H2,1-5H3,(H,16,17). The molecule has 0 spiro atoms. The molecular formula is C12H22F2N2O2. The Morgan fingerprint density at radius 1 is 1.39 bits per heavy atom. The van der Waals surface area contributed by atoms with Crippen molar-refractivity contribution < 1.29 is 18.3 Å². The smallest absolute Gasteiger partial charge is 0.407 e. The van der Waals surface area contributed by atoms with Gasteiger partial charge in [-0.05, 0) is 26.7 Å². The molecule has 4 nitrogen and oxygen atoms in total. The molecule has 1 aliphatic carbocycles. The highest BCUT2D eigenvalue weighted by Gasteiger charge is 2.73. The molecule has 0 aromatic heterocycles. The van der Waals surface area contributed by atoms with E-state index in [-0.39, 0.29) is 5.92 Å². The molecule has 0 aliphatic heterocycles. The third-order valence-electron chi connectivity index (χ3n) is 2.96. The lowest BCUT2D eigenvalue weighted by molar-refractivity contribution is 0.0400. The van der Waals surface area contributed by atoms with E-state index in [9.17, 15) is 13.6 Å². The highest BCUT2D eigenvalue weighted by Crippen LogP contribution is 2.54. The fourth-order valence-electron chi connectivity index (χ4n) is 1.99. The molecule has 2 atom stereocenters. The van der Waals surface area contributed by atoms with E-state index in [4.69, 9.17) is 10.5 Å². The monoisotopic (exact) mass is 264 g/mol. The van der Waals surface area contributed by atoms with Crippen LogP contribution in [0.3, 0.4) is 0 Å². The van der Waals surface area contributed by atoms with Gasteiger partial charge in [-0.3, -0.25) is 0 Å². The Morgan fingerprint density at radius 3 is 2.11 bits per heavy atom. The Hall–Kier alpha value is -0.910. The molecule has 1 amide bonds. The van der Waals surface area contributed by atoms with Gasteiger partial charge in [0.1, 0.15) is 11.1 Å². The van der Waals surface area contributed by atoms with E-state index in [1.54, 1.807) is 34.6 Å². The topological polar surface area (TPSA) is 64.3 Å². The van der Waals surface area contributed by atoms with Gasteiger partial charge in [0.15, 0.2) is 0 Å². The largest absolute Gasteiger partial charge is 0.444 e. The van der Waals surface area contributed by atoms with Crippen LogP contribution in [0.4, 0.5) is 13.6 Å². The summed E-state index contributed by atoms with van der Waals surface area (Å²) < 4.78 is 31.6. The minimum atomic E-state index is -2.92. The molecule has 0 aromatic carbocycles. The first-order chi connectivity index (χ1) is 7.89. The molecule has 106 valence electrons. The molecule has 18 heavy (non-hydrogen) atoms. The van der Waals surface area contributed by atoms with E-state index in [1.165, 1.54) is 0 Å². The van der Waals surface area contributed by atoms with Gasteiger partial charge in [0.25, 0.3) is 5.92 Å². The summed E-state index contributed by atoms with van der Waals surface area (Å²) in [5.41, 5.74) is 3.34. The summed E-state index contributed by atoms with van der Waals surface area (Å²) in [5.74, 6) is -3.12. The summed E-state index contributed by atoms with van der Waals surface area (Å²) in [6.45, 7) is 8.61. The molecule has 0 bridgehead atoms. The molecule has 1 aliphatic rings. The Kier molecular flexibility index (Phi) is 3.64. The first-order valence-corrected chi connectivity index (χ1v) is 6.05. The van der Waals surface area contributed by atoms with Gasteiger partial charge in [0.05, 0.1) is 6.04 Å². The average molecular weight is 264 g/mol. The normalized spacial score (nSPS) is 27.8. The molecule has 1 saturated carbocycles. The van der Waals surface area contributed by atoms with Crippen LogP contribution >= 0.6 is 0 Å². The van der Waals surface area contributed by atoms with Gasteiger partial charge in [-0.25, -0.2) is 13.6 Å². The van der Waals surface area contributed by atoms with Crippen LogP contribution in [0.25, 0.3) is 0 Å². The Bertz CT molecular complexity index is 339. The average Bonchev–Trinajstić information content (AvgIpc) is 2.59. The SMILES string of the molecule is CC(C)C(NC(=O)OC(C)(C)C)C1(N)CC1(F)F. The van der Waals surface area contributed by atoms with Gasteiger partial charge in [-0.2, -0.15) is 0 Å². The third kappa shape index (κ3) is 3.10. The van der Waals surface area contributed by atoms with Gasteiger partial charge in [-0.15, -0.1) is 0 Å². The van der Waals surface area contributed by atoms with E-state index in [0.29, 0.717) is 0 Å². The van der Waals surface area contributed by atoms with Crippen LogP contribution < -0.4 is 11.1 Å². The van der Waals surface area contributed by atoms with Crippen LogP contribution in [0.15, 0.2) is 0 Å². The molecule has 6 heteroatoms. The zero-order valence-corrected chi connectivity index (χ0v) is 11.5. The number of alkyl carbamates (subject to hydrolysis) is 1. The van der Waals surface area contributed by atoms with Crippen LogP contribution in [0.1, 0.15) is 41.0 Å². The van der Waals surface area contributed by atoms with E-state index in [0.717, 1.165) is 0 Å². The second-order valence-corrected chi connectivity index (χ2v) is 6.29. The van der Waals surface area contributed by atoms with Crippen LogP contribution in [0.2, 0.25) is 0 Å². The molecule has 0 saturated heterocycles. The maximum Gasteiger partial charge on any atom is 0.407 e. The Labute approximate surface area is 106 Å². The molecule has 0 heterocycles. The lowest BCUT2D eigenvalue weighted by atomic mass is 9.94. The zero-order valence-electron chi connectivity index (χ0n) is 11.5. The lowest BCUT2D eigenvalue weighted by Crippen LogP contribution is -2.56. The van der Waals surface area contributed by atoms with Crippen molar-refractivity contribution >= 4 is 6.09 Å². The van der Waals surface area contributed by atoms with Gasteiger partial charge < -0.3 is 15.8 Å². The summed E-state index contributed by atoms with van der Waals surface area (Å²) in [4.78, 5) is 11.6. The number of rotatable bonds is 3. The zero-order chi connectivity index (χ0) is 14.4. The number of amides is 1. The molecule has 3 N–H and O–H groups in total. The lowest BCUT2D eigenvalue weighted by Gasteiger charge is -2.30. The Morgan fingerprint density at radius 2 is 1.83 bits per heavy atom. The van der Waals surface area contributed by atoms with Crippen molar-refractivity contribution in [2.45, 2.75) is 64.1 Å². The number of hydrogen-bond donors (Lipinski definition) is 2. The van der Waals surface area contributed by atoms with Crippen molar-refractivity contribution in [2.75, 3.05) is 0 Å². The van der Waals surface area contributed by atoms with Crippen LogP contribution in [-0.2, 0) is 4.74 Å². The van der Waals surface area contributed by atoms with Crippen molar-refractivity contribution in [2.24, 2.45) is 11.7 Å². The first-order valence-electron chi connectivity index (χ1n) is 6.05. The number of nitrogens with two attached hydrogens (primary N) is 1. The van der Waals surface area contributed by atoms with Crippen molar-refractivity contribution in [1.29, 1.82) is 0 Å². The van der Waals surface area contributed by atoms with Gasteiger partial charge in [0, 0.05) is 6.42 Å². The number of carbonyl (C=O) groups is 1. The summed E-state index contributed by atoms with van der Waals surface area (Å²) in [5, 5.41) is 2.46. The van der Waals surface area contributed by atoms with E-state index < -0.39 is 35.6 Å². The van der Waals surface area contributed by atoms with Crippen LogP contribution in [0.5, 0.6) is 0 Å². The predicted molar refractivity (Wildman–Crippen MR) is 64.5 cm³/mol. The summed E-state index contributed by atoms with van der Waals surface area (Å²) in [6.07, 6.45) is -1.12. The number of halogens is 2. The van der Waals surface area contributed by atoms with Gasteiger partial charge in [0.2, 0.25) is 0 Å². The minimum absolute atomic E-state index is 0.198. The van der Waals surface area contributed by atoms with E-state index >= 15 is 0 Å². The highest BCUT2D eigenvalue weighted by molar-refractivity contribution is 5.68. The van der Waals surface area contributed by atoms with Crippen molar-refractivity contribution in [3.8, 4) is 0 Å². The Balaban J connectivity index is 2.70. The first kappa shape index (κ1) is 15.1. The number of nitrogens with one attached hydrogen (secondary N) is 1. The second-order valence-electron chi connectivity index (χ2n) is 6.29. The molecule has 0 aromatic rings. The summed E-state index contributed by atoms with van der Waals surface area (Å²) in [7, 11) is 0. The third-order valence-corrected chi connectivity index (χ3v) is 2.96. The van der Waals surface area contributed by atoms with Crippen LogP contribution in [-0.4, -0.2) is 29.2 Å².